The fourth-order valence-corrected chi connectivity index (χ4v) is 3.51. The van der Waals surface area contributed by atoms with Crippen LogP contribution >= 0.6 is 11.6 Å². The van der Waals surface area contributed by atoms with E-state index < -0.39 is 9.84 Å². The molecule has 1 amide bonds. The second-order valence-corrected chi connectivity index (χ2v) is 6.39. The molecule has 1 unspecified atom stereocenters. The Bertz CT molecular complexity index is 315. The van der Waals surface area contributed by atoms with Crippen LogP contribution in [0.15, 0.2) is 0 Å². The number of hydrogen-bond donors (Lipinski definition) is 1. The van der Waals surface area contributed by atoms with Crippen LogP contribution in [0, 0.1) is 5.92 Å². The minimum absolute atomic E-state index is 0.00827. The van der Waals surface area contributed by atoms with Gasteiger partial charge in [0, 0.05) is 12.4 Å². The molecule has 0 radical (unpaired) electrons. The molecule has 0 aromatic carbocycles. The number of unbranched alkanes of at least 4 members (excludes halogenated alkanes) is 1. The summed E-state index contributed by atoms with van der Waals surface area (Å²) in [5, 5.41) is 2.74. The molecule has 1 saturated heterocycles. The van der Waals surface area contributed by atoms with Crippen LogP contribution in [0.1, 0.15) is 19.3 Å². The van der Waals surface area contributed by atoms with Crippen molar-refractivity contribution >= 4 is 27.3 Å². The number of hydrogen-bond acceptors (Lipinski definition) is 3. The lowest BCUT2D eigenvalue weighted by Gasteiger charge is -2.08. The monoisotopic (exact) mass is 253 g/mol. The Morgan fingerprint density at radius 3 is 2.67 bits per heavy atom. The van der Waals surface area contributed by atoms with Crippen LogP contribution in [0.2, 0.25) is 0 Å². The quantitative estimate of drug-likeness (QED) is 0.575. The zero-order valence-corrected chi connectivity index (χ0v) is 10.1. The van der Waals surface area contributed by atoms with E-state index in [2.05, 4.69) is 5.32 Å². The van der Waals surface area contributed by atoms with Gasteiger partial charge in [0.2, 0.25) is 5.91 Å². The zero-order chi connectivity index (χ0) is 11.3. The molecular formula is C9H16ClNO3S. The van der Waals surface area contributed by atoms with Gasteiger partial charge in [-0.25, -0.2) is 8.42 Å². The van der Waals surface area contributed by atoms with E-state index in [4.69, 9.17) is 11.6 Å². The fraction of sp³-hybridized carbons (Fsp3) is 0.889. The second kappa shape index (κ2) is 5.70. The minimum Gasteiger partial charge on any atom is -0.356 e. The molecule has 0 aliphatic carbocycles. The maximum atomic E-state index is 11.5. The van der Waals surface area contributed by atoms with E-state index in [0.29, 0.717) is 18.8 Å². The highest BCUT2D eigenvalue weighted by Crippen LogP contribution is 2.18. The van der Waals surface area contributed by atoms with Gasteiger partial charge in [0.25, 0.3) is 0 Å². The number of carbonyl (C=O) groups is 1. The molecule has 4 nitrogen and oxygen atoms in total. The summed E-state index contributed by atoms with van der Waals surface area (Å²) in [7, 11) is -2.96. The second-order valence-electron chi connectivity index (χ2n) is 3.79. The van der Waals surface area contributed by atoms with Crippen molar-refractivity contribution in [2.24, 2.45) is 5.92 Å². The maximum absolute atomic E-state index is 11.5. The van der Waals surface area contributed by atoms with Crippen molar-refractivity contribution in [1.29, 1.82) is 0 Å². The third-order valence-electron chi connectivity index (χ3n) is 2.46. The van der Waals surface area contributed by atoms with E-state index in [1.807, 2.05) is 0 Å². The van der Waals surface area contributed by atoms with Gasteiger partial charge in [-0.3, -0.25) is 4.79 Å². The van der Waals surface area contributed by atoms with Crippen LogP contribution in [0.4, 0.5) is 0 Å². The summed E-state index contributed by atoms with van der Waals surface area (Å²) < 4.78 is 22.2. The zero-order valence-electron chi connectivity index (χ0n) is 8.54. The van der Waals surface area contributed by atoms with Crippen molar-refractivity contribution in [2.45, 2.75) is 19.3 Å². The molecular weight excluding hydrogens is 238 g/mol. The molecule has 0 aromatic rings. The predicted molar refractivity (Wildman–Crippen MR) is 59.7 cm³/mol. The van der Waals surface area contributed by atoms with Crippen LogP contribution in [0.3, 0.4) is 0 Å². The van der Waals surface area contributed by atoms with Gasteiger partial charge in [-0.2, -0.15) is 0 Å². The van der Waals surface area contributed by atoms with Gasteiger partial charge in [0.15, 0.2) is 9.84 Å². The first-order valence-corrected chi connectivity index (χ1v) is 7.45. The van der Waals surface area contributed by atoms with Gasteiger partial charge in [-0.05, 0) is 19.3 Å². The molecule has 0 bridgehead atoms. The number of sulfone groups is 1. The molecule has 15 heavy (non-hydrogen) atoms. The molecule has 1 atom stereocenters. The van der Waals surface area contributed by atoms with E-state index in [1.165, 1.54) is 0 Å². The average molecular weight is 254 g/mol. The molecule has 6 heteroatoms. The lowest BCUT2D eigenvalue weighted by Crippen LogP contribution is -2.32. The van der Waals surface area contributed by atoms with Crippen molar-refractivity contribution in [3.05, 3.63) is 0 Å². The SMILES string of the molecule is O=C(NCCCCCl)C1CCS(=O)(=O)C1. The highest BCUT2D eigenvalue weighted by molar-refractivity contribution is 7.91. The first kappa shape index (κ1) is 12.8. The van der Waals surface area contributed by atoms with E-state index in [-0.39, 0.29) is 23.3 Å². The van der Waals surface area contributed by atoms with E-state index >= 15 is 0 Å². The third kappa shape index (κ3) is 4.38. The standard InChI is InChI=1S/C9H16ClNO3S/c10-4-1-2-5-11-9(12)8-3-6-15(13,14)7-8/h8H,1-7H2,(H,11,12). The Hall–Kier alpha value is -0.290. The summed E-state index contributed by atoms with van der Waals surface area (Å²) in [6, 6.07) is 0. The molecule has 0 spiro atoms. The molecule has 1 aliphatic rings. The first-order valence-electron chi connectivity index (χ1n) is 5.09. The predicted octanol–water partition coefficient (Wildman–Crippen LogP) is 0.556. The Morgan fingerprint density at radius 2 is 2.13 bits per heavy atom. The summed E-state index contributed by atoms with van der Waals surface area (Å²) in [5.74, 6) is 0.270. The summed E-state index contributed by atoms with van der Waals surface area (Å²) >= 11 is 5.49. The number of rotatable bonds is 5. The highest BCUT2D eigenvalue weighted by atomic mass is 35.5. The smallest absolute Gasteiger partial charge is 0.224 e. The molecule has 1 fully saturated rings. The molecule has 1 N–H and O–H groups in total. The number of nitrogens with one attached hydrogen (secondary N) is 1. The summed E-state index contributed by atoms with van der Waals surface area (Å²) in [6.07, 6.45) is 2.17. The molecule has 0 aromatic heterocycles. The Morgan fingerprint density at radius 1 is 1.40 bits per heavy atom. The largest absolute Gasteiger partial charge is 0.356 e. The first-order chi connectivity index (χ1) is 7.05. The molecule has 1 rings (SSSR count). The van der Waals surface area contributed by atoms with Crippen LogP contribution < -0.4 is 5.32 Å². The van der Waals surface area contributed by atoms with Crippen LogP contribution in [-0.2, 0) is 14.6 Å². The number of alkyl halides is 1. The third-order valence-corrected chi connectivity index (χ3v) is 4.50. The lowest BCUT2D eigenvalue weighted by atomic mass is 10.1. The number of carbonyl (C=O) groups excluding carboxylic acids is 1. The van der Waals surface area contributed by atoms with E-state index in [1.54, 1.807) is 0 Å². The number of amides is 1. The summed E-state index contributed by atoms with van der Waals surface area (Å²) in [5.41, 5.74) is 0. The van der Waals surface area contributed by atoms with E-state index in [9.17, 15) is 13.2 Å². The molecule has 0 saturated carbocycles. The average Bonchev–Trinajstić information content (AvgIpc) is 2.53. The van der Waals surface area contributed by atoms with Gasteiger partial charge in [0.05, 0.1) is 17.4 Å². The minimum atomic E-state index is -2.96. The Labute approximate surface area is 95.3 Å². The van der Waals surface area contributed by atoms with Crippen molar-refractivity contribution in [3.63, 3.8) is 0 Å². The van der Waals surface area contributed by atoms with E-state index in [0.717, 1.165) is 12.8 Å². The van der Waals surface area contributed by atoms with Gasteiger partial charge in [-0.1, -0.05) is 0 Å². The highest BCUT2D eigenvalue weighted by Gasteiger charge is 2.32. The molecule has 1 heterocycles. The maximum Gasteiger partial charge on any atom is 0.224 e. The lowest BCUT2D eigenvalue weighted by molar-refractivity contribution is -0.124. The molecule has 1 aliphatic heterocycles. The number of halogens is 1. The van der Waals surface area contributed by atoms with Crippen molar-refractivity contribution in [1.82, 2.24) is 5.32 Å². The van der Waals surface area contributed by atoms with Crippen LogP contribution in [0.25, 0.3) is 0 Å². The van der Waals surface area contributed by atoms with Gasteiger partial charge >= 0.3 is 0 Å². The van der Waals surface area contributed by atoms with Crippen LogP contribution in [-0.4, -0.2) is 38.3 Å². The van der Waals surface area contributed by atoms with Gasteiger partial charge in [0.1, 0.15) is 0 Å². The summed E-state index contributed by atoms with van der Waals surface area (Å²) in [4.78, 5) is 11.5. The normalized spacial score (nSPS) is 23.9. The topological polar surface area (TPSA) is 63.2 Å². The van der Waals surface area contributed by atoms with Crippen LogP contribution in [0.5, 0.6) is 0 Å². The Kier molecular flexibility index (Phi) is 4.86. The fourth-order valence-electron chi connectivity index (χ4n) is 1.58. The van der Waals surface area contributed by atoms with Gasteiger partial charge < -0.3 is 5.32 Å². The molecule has 88 valence electrons. The van der Waals surface area contributed by atoms with Gasteiger partial charge in [-0.15, -0.1) is 11.6 Å². The van der Waals surface area contributed by atoms with Crippen molar-refractivity contribution in [3.8, 4) is 0 Å². The summed E-state index contributed by atoms with van der Waals surface area (Å²) in [6.45, 7) is 0.585. The van der Waals surface area contributed by atoms with Crippen molar-refractivity contribution in [2.75, 3.05) is 23.9 Å². The van der Waals surface area contributed by atoms with Crippen molar-refractivity contribution < 1.29 is 13.2 Å². The Balaban J connectivity index is 2.24.